The molecule has 0 aliphatic carbocycles. The molecule has 0 spiro atoms. The molecule has 0 aliphatic heterocycles. The maximum absolute atomic E-state index is 12.2. The first-order chi connectivity index (χ1) is 6.45. The summed E-state index contributed by atoms with van der Waals surface area (Å²) in [6.45, 7) is 0. The lowest BCUT2D eigenvalue weighted by Crippen LogP contribution is -2.04. The average Bonchev–Trinajstić information content (AvgIpc) is 2.07. The van der Waals surface area contributed by atoms with Crippen molar-refractivity contribution in [3.05, 3.63) is 28.8 Å². The summed E-state index contributed by atoms with van der Waals surface area (Å²) in [5.74, 6) is 0.252. The Morgan fingerprint density at radius 1 is 1.36 bits per heavy atom. The van der Waals surface area contributed by atoms with Gasteiger partial charge < -0.3 is 3.07 Å². The van der Waals surface area contributed by atoms with Gasteiger partial charge in [0.1, 0.15) is 21.1 Å². The molecular weight excluding hydrogens is 331 g/mol. The van der Waals surface area contributed by atoms with Gasteiger partial charge in [0.15, 0.2) is 5.75 Å². The molecule has 0 fully saturated rings. The van der Waals surface area contributed by atoms with Crippen molar-refractivity contribution in [2.24, 2.45) is 0 Å². The van der Waals surface area contributed by atoms with E-state index in [4.69, 9.17) is 14.7 Å². The summed E-state index contributed by atoms with van der Waals surface area (Å²) in [5.41, 5.74) is -0.780. The van der Waals surface area contributed by atoms with Gasteiger partial charge in [-0.1, -0.05) is 11.6 Å². The number of halogens is 5. The van der Waals surface area contributed by atoms with E-state index in [2.05, 4.69) is 4.51 Å². The SMILES string of the molecule is C=IOc1ccc(C(F)(F)F)cc1Cl. The monoisotopic (exact) mass is 336 g/mol. The molecule has 14 heavy (non-hydrogen) atoms. The van der Waals surface area contributed by atoms with Crippen molar-refractivity contribution < 1.29 is 16.2 Å². The van der Waals surface area contributed by atoms with Crippen LogP contribution in [0, 0.1) is 0 Å². The average molecular weight is 336 g/mol. The van der Waals surface area contributed by atoms with Crippen LogP contribution >= 0.6 is 32.7 Å². The van der Waals surface area contributed by atoms with Gasteiger partial charge in [-0.05, 0) is 22.7 Å². The summed E-state index contributed by atoms with van der Waals surface area (Å²) in [6.07, 6.45) is -4.37. The number of hydrogen-bond acceptors (Lipinski definition) is 1. The second-order valence-electron chi connectivity index (χ2n) is 2.33. The van der Waals surface area contributed by atoms with E-state index in [1.807, 2.05) is 0 Å². The van der Waals surface area contributed by atoms with Crippen molar-refractivity contribution in [3.8, 4) is 5.75 Å². The maximum Gasteiger partial charge on any atom is 0.416 e. The lowest BCUT2D eigenvalue weighted by Gasteiger charge is -2.08. The van der Waals surface area contributed by atoms with Gasteiger partial charge in [0.25, 0.3) is 0 Å². The van der Waals surface area contributed by atoms with Crippen molar-refractivity contribution in [2.75, 3.05) is 0 Å². The molecule has 0 saturated heterocycles. The van der Waals surface area contributed by atoms with Crippen molar-refractivity contribution in [3.63, 3.8) is 0 Å². The van der Waals surface area contributed by atoms with Gasteiger partial charge in [0.05, 0.1) is 10.6 Å². The van der Waals surface area contributed by atoms with Crippen molar-refractivity contribution in [1.82, 2.24) is 0 Å². The minimum atomic E-state index is -4.37. The highest BCUT2D eigenvalue weighted by atomic mass is 127. The minimum absolute atomic E-state index is 0.0387. The second-order valence-corrected chi connectivity index (χ2v) is 3.80. The van der Waals surface area contributed by atoms with Crippen LogP contribution in [0.5, 0.6) is 5.75 Å². The molecule has 0 bridgehead atoms. The van der Waals surface area contributed by atoms with E-state index in [-0.39, 0.29) is 10.8 Å². The Hall–Kier alpha value is -0.300. The fourth-order valence-corrected chi connectivity index (χ4v) is 1.87. The first-order valence-electron chi connectivity index (χ1n) is 3.37. The largest absolute Gasteiger partial charge is 0.435 e. The third kappa shape index (κ3) is 2.84. The Bertz CT molecular complexity index is 351. The molecule has 0 aromatic heterocycles. The van der Waals surface area contributed by atoms with Crippen LogP contribution in [0.3, 0.4) is 0 Å². The Balaban J connectivity index is 3.06. The van der Waals surface area contributed by atoms with Crippen molar-refractivity contribution in [2.45, 2.75) is 6.18 Å². The highest BCUT2D eigenvalue weighted by Crippen LogP contribution is 2.35. The summed E-state index contributed by atoms with van der Waals surface area (Å²) in [4.78, 5) is 0. The van der Waals surface area contributed by atoms with Gasteiger partial charge in [0.2, 0.25) is 0 Å². The maximum atomic E-state index is 12.2. The van der Waals surface area contributed by atoms with Crippen LogP contribution in [0.1, 0.15) is 5.56 Å². The van der Waals surface area contributed by atoms with Crippen LogP contribution in [0.15, 0.2) is 18.2 Å². The molecule has 0 unspecified atom stereocenters. The molecule has 0 saturated carbocycles. The Morgan fingerprint density at radius 3 is 2.43 bits per heavy atom. The highest BCUT2D eigenvalue weighted by molar-refractivity contribution is 14.2. The minimum Gasteiger partial charge on any atom is -0.435 e. The van der Waals surface area contributed by atoms with E-state index in [0.717, 1.165) is 12.1 Å². The van der Waals surface area contributed by atoms with Gasteiger partial charge in [-0.2, -0.15) is 13.2 Å². The van der Waals surface area contributed by atoms with E-state index < -0.39 is 32.9 Å². The van der Waals surface area contributed by atoms with Crippen LogP contribution in [0.25, 0.3) is 0 Å². The van der Waals surface area contributed by atoms with Crippen LogP contribution in [0.4, 0.5) is 13.2 Å². The molecule has 1 rings (SSSR count). The van der Waals surface area contributed by atoms with Gasteiger partial charge in [-0.15, -0.1) is 0 Å². The highest BCUT2D eigenvalue weighted by Gasteiger charge is 2.30. The third-order valence-electron chi connectivity index (χ3n) is 1.40. The summed E-state index contributed by atoms with van der Waals surface area (Å²) >= 11 is 4.84. The fourth-order valence-electron chi connectivity index (χ4n) is 0.799. The first-order valence-corrected chi connectivity index (χ1v) is 6.15. The van der Waals surface area contributed by atoms with E-state index in [0.29, 0.717) is 0 Å². The predicted molar refractivity (Wildman–Crippen MR) is 58.2 cm³/mol. The van der Waals surface area contributed by atoms with Crippen LogP contribution in [-0.4, -0.2) is 4.51 Å². The van der Waals surface area contributed by atoms with Gasteiger partial charge >= 0.3 is 6.18 Å². The molecular formula is C8H5ClF3IO. The number of benzene rings is 1. The van der Waals surface area contributed by atoms with Crippen molar-refractivity contribution >= 4 is 37.3 Å². The van der Waals surface area contributed by atoms with Crippen LogP contribution < -0.4 is 3.07 Å². The number of alkyl halides is 3. The molecule has 0 heterocycles. The molecule has 0 atom stereocenters. The molecule has 1 aromatic carbocycles. The van der Waals surface area contributed by atoms with E-state index in [9.17, 15) is 13.2 Å². The summed E-state index contributed by atoms with van der Waals surface area (Å²) in [7, 11) is 0. The molecule has 78 valence electrons. The second kappa shape index (κ2) is 4.48. The zero-order valence-corrected chi connectivity index (χ0v) is 9.65. The lowest BCUT2D eigenvalue weighted by atomic mass is 10.2. The smallest absolute Gasteiger partial charge is 0.416 e. The van der Waals surface area contributed by atoms with Gasteiger partial charge in [-0.3, -0.25) is 0 Å². The Morgan fingerprint density at radius 2 is 2.00 bits per heavy atom. The van der Waals surface area contributed by atoms with Gasteiger partial charge in [-0.25, -0.2) is 0 Å². The standard InChI is InChI=1S/C8H5ClF3IO/c1-13-14-7-3-2-5(4-6(7)9)8(10,11)12/h2-4H,1H2. The number of rotatable bonds is 2. The van der Waals surface area contributed by atoms with E-state index in [1.54, 1.807) is 0 Å². The van der Waals surface area contributed by atoms with E-state index >= 15 is 0 Å². The summed E-state index contributed by atoms with van der Waals surface area (Å²) in [6, 6.07) is 2.98. The summed E-state index contributed by atoms with van der Waals surface area (Å²) < 4.78 is 45.0. The normalized spacial score (nSPS) is 11.4. The Labute approximate surface area is 94.1 Å². The third-order valence-corrected chi connectivity index (χ3v) is 2.48. The topological polar surface area (TPSA) is 9.23 Å². The quantitative estimate of drug-likeness (QED) is 0.740. The predicted octanol–water partition coefficient (Wildman–Crippen LogP) is 4.06. The zero-order chi connectivity index (χ0) is 10.8. The molecule has 0 radical (unpaired) electrons. The van der Waals surface area contributed by atoms with Crippen molar-refractivity contribution in [1.29, 1.82) is 0 Å². The lowest BCUT2D eigenvalue weighted by molar-refractivity contribution is -0.137. The zero-order valence-electron chi connectivity index (χ0n) is 6.74. The van der Waals surface area contributed by atoms with Crippen LogP contribution in [0.2, 0.25) is 5.02 Å². The molecule has 0 N–H and O–H groups in total. The fraction of sp³-hybridized carbons (Fsp3) is 0.125. The van der Waals surface area contributed by atoms with Gasteiger partial charge in [0, 0.05) is 0 Å². The Kier molecular flexibility index (Phi) is 3.77. The molecule has 0 amide bonds. The van der Waals surface area contributed by atoms with E-state index in [1.165, 1.54) is 6.07 Å². The number of hydrogen-bond donors (Lipinski definition) is 0. The molecule has 1 nitrogen and oxygen atoms in total. The summed E-state index contributed by atoms with van der Waals surface area (Å²) in [5, 5.41) is -0.0387. The molecule has 0 aliphatic rings. The first kappa shape index (κ1) is 11.8. The molecule has 6 heteroatoms. The molecule has 1 aromatic rings. The van der Waals surface area contributed by atoms with Crippen LogP contribution in [-0.2, 0) is 6.18 Å².